The van der Waals surface area contributed by atoms with Crippen LogP contribution in [0.3, 0.4) is 0 Å². The summed E-state index contributed by atoms with van der Waals surface area (Å²) in [5.41, 5.74) is -2.32. The van der Waals surface area contributed by atoms with Gasteiger partial charge in [0, 0.05) is 0 Å². The van der Waals surface area contributed by atoms with Gasteiger partial charge in [0.1, 0.15) is 0 Å². The van der Waals surface area contributed by atoms with E-state index >= 15 is 0 Å². The van der Waals surface area contributed by atoms with Gasteiger partial charge in [0.15, 0.2) is 9.84 Å². The second kappa shape index (κ2) is 5.45. The highest BCUT2D eigenvalue weighted by Crippen LogP contribution is 2.34. The van der Waals surface area contributed by atoms with Crippen LogP contribution in [0.1, 0.15) is 18.9 Å². The number of carbonyl (C=O) groups is 1. The van der Waals surface area contributed by atoms with Gasteiger partial charge in [-0.15, -0.1) is 0 Å². The zero-order valence-corrected chi connectivity index (χ0v) is 12.5. The van der Waals surface area contributed by atoms with Gasteiger partial charge in [0.05, 0.1) is 28.3 Å². The summed E-state index contributed by atoms with van der Waals surface area (Å²) in [7, 11) is -3.23. The number of alkyl halides is 3. The monoisotopic (exact) mass is 336 g/mol. The second-order valence-corrected chi connectivity index (χ2v) is 7.71. The number of amides is 2. The number of sulfone groups is 1. The molecule has 0 saturated carbocycles. The van der Waals surface area contributed by atoms with Crippen LogP contribution in [0.2, 0.25) is 0 Å². The van der Waals surface area contributed by atoms with Crippen molar-refractivity contribution in [3.05, 3.63) is 29.8 Å². The van der Waals surface area contributed by atoms with Gasteiger partial charge in [-0.25, -0.2) is 13.2 Å². The zero-order chi connectivity index (χ0) is 16.6. The van der Waals surface area contributed by atoms with Crippen LogP contribution in [0.5, 0.6) is 0 Å². The first-order chi connectivity index (χ1) is 10.0. The summed E-state index contributed by atoms with van der Waals surface area (Å²) in [5, 5.41) is 4.57. The van der Waals surface area contributed by atoms with Crippen LogP contribution in [0.4, 0.5) is 23.7 Å². The highest BCUT2D eigenvalue weighted by Gasteiger charge is 2.40. The van der Waals surface area contributed by atoms with Crippen molar-refractivity contribution >= 4 is 21.6 Å². The maximum atomic E-state index is 12.8. The van der Waals surface area contributed by atoms with E-state index in [1.807, 2.05) is 0 Å². The lowest BCUT2D eigenvalue weighted by Crippen LogP contribution is -2.48. The lowest BCUT2D eigenvalue weighted by molar-refractivity contribution is -0.136. The summed E-state index contributed by atoms with van der Waals surface area (Å²) in [5.74, 6) is -0.281. The number of halogens is 3. The fourth-order valence-corrected chi connectivity index (χ4v) is 4.47. The predicted molar refractivity (Wildman–Crippen MR) is 75.3 cm³/mol. The molecule has 1 aliphatic heterocycles. The Kier molecular flexibility index (Phi) is 4.12. The first-order valence-electron chi connectivity index (χ1n) is 6.47. The quantitative estimate of drug-likeness (QED) is 0.871. The molecule has 0 radical (unpaired) electrons. The predicted octanol–water partition coefficient (Wildman–Crippen LogP) is 2.40. The van der Waals surface area contributed by atoms with Gasteiger partial charge in [-0.05, 0) is 25.5 Å². The Balaban J connectivity index is 2.11. The summed E-state index contributed by atoms with van der Waals surface area (Å²) < 4.78 is 61.4. The molecule has 1 atom stereocenters. The van der Waals surface area contributed by atoms with Crippen molar-refractivity contribution in [2.45, 2.75) is 25.1 Å². The average Bonchev–Trinajstić information content (AvgIpc) is 2.62. The molecule has 5 nitrogen and oxygen atoms in total. The smallest absolute Gasteiger partial charge is 0.332 e. The number of benzene rings is 1. The summed E-state index contributed by atoms with van der Waals surface area (Å²) in [4.78, 5) is 11.9. The standard InChI is InChI=1S/C13H15F3N2O3S/c1-12(6-7-22(20,21)8-12)18-11(19)17-10-5-3-2-4-9(10)13(14,15)16/h2-5H,6-8H2,1H3,(H2,17,18,19). The van der Waals surface area contributed by atoms with Gasteiger partial charge in [-0.2, -0.15) is 13.2 Å². The van der Waals surface area contributed by atoms with E-state index in [4.69, 9.17) is 0 Å². The fourth-order valence-electron chi connectivity index (χ4n) is 2.38. The van der Waals surface area contributed by atoms with Crippen LogP contribution < -0.4 is 10.6 Å². The third kappa shape index (κ3) is 3.90. The minimum atomic E-state index is -4.59. The molecule has 0 aromatic heterocycles. The number of hydrogen-bond acceptors (Lipinski definition) is 3. The molecule has 122 valence electrons. The molecule has 0 aliphatic carbocycles. The number of anilines is 1. The molecule has 2 N–H and O–H groups in total. The summed E-state index contributed by atoms with van der Waals surface area (Å²) in [6.07, 6.45) is -4.37. The Morgan fingerprint density at radius 2 is 1.91 bits per heavy atom. The van der Waals surface area contributed by atoms with E-state index in [9.17, 15) is 26.4 Å². The third-order valence-corrected chi connectivity index (χ3v) is 5.30. The molecule has 2 amide bonds. The largest absolute Gasteiger partial charge is 0.418 e. The number of hydrogen-bond donors (Lipinski definition) is 2. The Morgan fingerprint density at radius 1 is 1.27 bits per heavy atom. The van der Waals surface area contributed by atoms with E-state index in [0.717, 1.165) is 12.1 Å². The minimum absolute atomic E-state index is 0.0527. The van der Waals surface area contributed by atoms with Gasteiger partial charge in [0.2, 0.25) is 0 Å². The van der Waals surface area contributed by atoms with Gasteiger partial charge in [-0.1, -0.05) is 12.1 Å². The SMILES string of the molecule is CC1(NC(=O)Nc2ccccc2C(F)(F)F)CCS(=O)(=O)C1. The fraction of sp³-hybridized carbons (Fsp3) is 0.462. The first-order valence-corrected chi connectivity index (χ1v) is 8.29. The van der Waals surface area contributed by atoms with E-state index in [1.54, 1.807) is 6.92 Å². The van der Waals surface area contributed by atoms with Crippen molar-refractivity contribution in [2.75, 3.05) is 16.8 Å². The number of para-hydroxylation sites is 1. The summed E-state index contributed by atoms with van der Waals surface area (Å²) in [6.45, 7) is 1.55. The molecule has 1 aliphatic rings. The molecule has 1 unspecified atom stereocenters. The van der Waals surface area contributed by atoms with Gasteiger partial charge in [-0.3, -0.25) is 0 Å². The molecule has 0 bridgehead atoms. The molecule has 1 saturated heterocycles. The van der Waals surface area contributed by atoms with Crippen LogP contribution in [0.25, 0.3) is 0 Å². The molecule has 1 aromatic carbocycles. The van der Waals surface area contributed by atoms with E-state index in [-0.39, 0.29) is 23.6 Å². The Morgan fingerprint density at radius 3 is 2.45 bits per heavy atom. The van der Waals surface area contributed by atoms with Crippen molar-refractivity contribution in [1.29, 1.82) is 0 Å². The molecule has 1 aromatic rings. The van der Waals surface area contributed by atoms with Crippen LogP contribution in [0, 0.1) is 0 Å². The maximum Gasteiger partial charge on any atom is 0.418 e. The van der Waals surface area contributed by atoms with Crippen molar-refractivity contribution < 1.29 is 26.4 Å². The molecule has 1 heterocycles. The number of rotatable bonds is 2. The topological polar surface area (TPSA) is 75.3 Å². The van der Waals surface area contributed by atoms with Crippen molar-refractivity contribution in [2.24, 2.45) is 0 Å². The summed E-state index contributed by atoms with van der Waals surface area (Å²) >= 11 is 0. The molecular weight excluding hydrogens is 321 g/mol. The Labute approximate surface area is 125 Å². The van der Waals surface area contributed by atoms with Crippen LogP contribution >= 0.6 is 0 Å². The second-order valence-electron chi connectivity index (χ2n) is 5.53. The van der Waals surface area contributed by atoms with Crippen LogP contribution in [0.15, 0.2) is 24.3 Å². The van der Waals surface area contributed by atoms with E-state index in [1.165, 1.54) is 12.1 Å². The normalized spacial score (nSPS) is 24.0. The minimum Gasteiger partial charge on any atom is -0.332 e. The van der Waals surface area contributed by atoms with Crippen molar-refractivity contribution in [1.82, 2.24) is 5.32 Å². The maximum absolute atomic E-state index is 12.8. The highest BCUT2D eigenvalue weighted by molar-refractivity contribution is 7.91. The van der Waals surface area contributed by atoms with E-state index < -0.39 is 33.1 Å². The molecule has 0 spiro atoms. The van der Waals surface area contributed by atoms with Crippen molar-refractivity contribution in [3.63, 3.8) is 0 Å². The number of urea groups is 1. The lowest BCUT2D eigenvalue weighted by Gasteiger charge is -2.24. The average molecular weight is 336 g/mol. The first kappa shape index (κ1) is 16.6. The van der Waals surface area contributed by atoms with E-state index in [2.05, 4.69) is 10.6 Å². The molecule has 22 heavy (non-hydrogen) atoms. The zero-order valence-electron chi connectivity index (χ0n) is 11.7. The molecule has 2 rings (SSSR count). The van der Waals surface area contributed by atoms with Gasteiger partial charge >= 0.3 is 12.2 Å². The molecular formula is C13H15F3N2O3S. The van der Waals surface area contributed by atoms with Crippen LogP contribution in [-0.2, 0) is 16.0 Å². The lowest BCUT2D eigenvalue weighted by atomic mass is 10.0. The summed E-state index contributed by atoms with van der Waals surface area (Å²) in [6, 6.07) is 3.72. The van der Waals surface area contributed by atoms with Crippen molar-refractivity contribution in [3.8, 4) is 0 Å². The van der Waals surface area contributed by atoms with Gasteiger partial charge < -0.3 is 10.6 Å². The molecule has 1 fully saturated rings. The Bertz CT molecular complexity index is 688. The molecule has 9 heteroatoms. The number of carbonyl (C=O) groups excluding carboxylic acids is 1. The highest BCUT2D eigenvalue weighted by atomic mass is 32.2. The van der Waals surface area contributed by atoms with E-state index in [0.29, 0.717) is 0 Å². The third-order valence-electron chi connectivity index (χ3n) is 3.40. The Hall–Kier alpha value is -1.77. The van der Waals surface area contributed by atoms with Gasteiger partial charge in [0.25, 0.3) is 0 Å². The number of nitrogens with one attached hydrogen (secondary N) is 2. The van der Waals surface area contributed by atoms with Crippen LogP contribution in [-0.4, -0.2) is 31.5 Å².